The smallest absolute Gasteiger partial charge is 0.408 e. The number of aromatic amines is 1. The van der Waals surface area contributed by atoms with Crippen molar-refractivity contribution in [2.45, 2.75) is 65.0 Å². The standard InChI is InChI=1S/C23H33FN4O3/c1-16(25-22(30)31-23(2,3)4)21(29)28(5)13-8-6-7-12-19-15-20(27-26-19)17-10-9-11-18(24)14-17/h9-11,14-16H,6-8,12-13H2,1-5H3,(H,25,30)(H,26,27). The summed E-state index contributed by atoms with van der Waals surface area (Å²) < 4.78 is 18.5. The maximum atomic E-state index is 13.4. The number of benzene rings is 1. The number of H-pyrrole nitrogens is 1. The van der Waals surface area contributed by atoms with Crippen LogP contribution in [0.15, 0.2) is 30.3 Å². The lowest BCUT2D eigenvalue weighted by atomic mass is 10.1. The van der Waals surface area contributed by atoms with Crippen LogP contribution in [0.25, 0.3) is 11.3 Å². The number of amides is 2. The Morgan fingerprint density at radius 1 is 1.23 bits per heavy atom. The van der Waals surface area contributed by atoms with E-state index in [1.807, 2.05) is 12.1 Å². The van der Waals surface area contributed by atoms with Crippen molar-refractivity contribution >= 4 is 12.0 Å². The van der Waals surface area contributed by atoms with Crippen molar-refractivity contribution < 1.29 is 18.7 Å². The van der Waals surface area contributed by atoms with Crippen LogP contribution in [0, 0.1) is 5.82 Å². The van der Waals surface area contributed by atoms with Crippen LogP contribution in [-0.2, 0) is 16.0 Å². The summed E-state index contributed by atoms with van der Waals surface area (Å²) in [5.41, 5.74) is 1.87. The van der Waals surface area contributed by atoms with E-state index >= 15 is 0 Å². The predicted molar refractivity (Wildman–Crippen MR) is 118 cm³/mol. The number of aromatic nitrogens is 2. The quantitative estimate of drug-likeness (QED) is 0.579. The fourth-order valence-electron chi connectivity index (χ4n) is 3.11. The number of carbonyl (C=O) groups excluding carboxylic acids is 2. The molecule has 2 amide bonds. The molecule has 7 nitrogen and oxygen atoms in total. The molecule has 31 heavy (non-hydrogen) atoms. The third kappa shape index (κ3) is 8.39. The van der Waals surface area contributed by atoms with Gasteiger partial charge in [0, 0.05) is 24.8 Å². The van der Waals surface area contributed by atoms with E-state index in [0.29, 0.717) is 6.54 Å². The number of hydrogen-bond donors (Lipinski definition) is 2. The van der Waals surface area contributed by atoms with E-state index in [1.165, 1.54) is 12.1 Å². The normalized spacial score (nSPS) is 12.3. The molecule has 2 N–H and O–H groups in total. The lowest BCUT2D eigenvalue weighted by Gasteiger charge is -2.24. The van der Waals surface area contributed by atoms with Crippen molar-refractivity contribution in [1.82, 2.24) is 20.4 Å². The van der Waals surface area contributed by atoms with Gasteiger partial charge in [0.15, 0.2) is 0 Å². The molecule has 0 fully saturated rings. The summed E-state index contributed by atoms with van der Waals surface area (Å²) in [6, 6.07) is 7.66. The molecular formula is C23H33FN4O3. The molecule has 170 valence electrons. The van der Waals surface area contributed by atoms with Crippen LogP contribution in [0.1, 0.15) is 52.7 Å². The number of nitrogens with zero attached hydrogens (tertiary/aromatic N) is 2. The first kappa shape index (κ1) is 24.4. The SMILES string of the molecule is CC(NC(=O)OC(C)(C)C)C(=O)N(C)CCCCCc1cc(-c2cccc(F)c2)n[nH]1. The molecule has 0 saturated carbocycles. The second-order valence-electron chi connectivity index (χ2n) is 8.73. The Bertz CT molecular complexity index is 876. The van der Waals surface area contributed by atoms with E-state index in [9.17, 15) is 14.0 Å². The second kappa shape index (κ2) is 10.9. The van der Waals surface area contributed by atoms with Gasteiger partial charge in [0.05, 0.1) is 5.69 Å². The highest BCUT2D eigenvalue weighted by Crippen LogP contribution is 2.19. The van der Waals surface area contributed by atoms with Gasteiger partial charge < -0.3 is 15.0 Å². The number of rotatable bonds is 9. The van der Waals surface area contributed by atoms with Crippen LogP contribution in [-0.4, -0.2) is 52.3 Å². The largest absolute Gasteiger partial charge is 0.444 e. The first-order chi connectivity index (χ1) is 14.5. The molecular weight excluding hydrogens is 399 g/mol. The zero-order valence-electron chi connectivity index (χ0n) is 19.0. The summed E-state index contributed by atoms with van der Waals surface area (Å²) in [7, 11) is 1.73. The monoisotopic (exact) mass is 432 g/mol. The first-order valence-corrected chi connectivity index (χ1v) is 10.6. The number of aryl methyl sites for hydroxylation is 1. The molecule has 0 aliphatic rings. The summed E-state index contributed by atoms with van der Waals surface area (Å²) in [5, 5.41) is 9.83. The summed E-state index contributed by atoms with van der Waals surface area (Å²) in [6.45, 7) is 7.58. The Kier molecular flexibility index (Phi) is 8.59. The molecule has 0 bridgehead atoms. The van der Waals surface area contributed by atoms with Crippen LogP contribution in [0.5, 0.6) is 0 Å². The van der Waals surface area contributed by atoms with E-state index in [0.717, 1.165) is 42.6 Å². The Balaban J connectivity index is 1.68. The van der Waals surface area contributed by atoms with Crippen LogP contribution in [0.3, 0.4) is 0 Å². The average Bonchev–Trinajstić information content (AvgIpc) is 3.14. The summed E-state index contributed by atoms with van der Waals surface area (Å²) in [4.78, 5) is 25.8. The first-order valence-electron chi connectivity index (χ1n) is 10.6. The van der Waals surface area contributed by atoms with Gasteiger partial charge in [-0.2, -0.15) is 5.10 Å². The molecule has 1 unspecified atom stereocenters. The van der Waals surface area contributed by atoms with Crippen LogP contribution >= 0.6 is 0 Å². The number of likely N-dealkylation sites (N-methyl/N-ethyl adjacent to an activating group) is 1. The summed E-state index contributed by atoms with van der Waals surface area (Å²) in [5.74, 6) is -0.435. The summed E-state index contributed by atoms with van der Waals surface area (Å²) >= 11 is 0. The van der Waals surface area contributed by atoms with Gasteiger partial charge in [-0.15, -0.1) is 0 Å². The number of hydrogen-bond acceptors (Lipinski definition) is 4. The highest BCUT2D eigenvalue weighted by Gasteiger charge is 2.22. The van der Waals surface area contributed by atoms with E-state index in [4.69, 9.17) is 4.74 Å². The number of ether oxygens (including phenoxy) is 1. The third-order valence-corrected chi connectivity index (χ3v) is 4.67. The zero-order chi connectivity index (χ0) is 23.0. The molecule has 2 aromatic rings. The molecule has 1 aromatic heterocycles. The number of unbranched alkanes of at least 4 members (excludes halogenated alkanes) is 2. The van der Waals surface area contributed by atoms with Crippen LogP contribution in [0.2, 0.25) is 0 Å². The van der Waals surface area contributed by atoms with Crippen molar-refractivity contribution in [3.05, 3.63) is 41.8 Å². The third-order valence-electron chi connectivity index (χ3n) is 4.67. The van der Waals surface area contributed by atoms with Crippen molar-refractivity contribution in [2.24, 2.45) is 0 Å². The molecule has 1 heterocycles. The molecule has 1 atom stereocenters. The van der Waals surface area contributed by atoms with E-state index in [-0.39, 0.29) is 11.7 Å². The lowest BCUT2D eigenvalue weighted by molar-refractivity contribution is -0.131. The fourth-order valence-corrected chi connectivity index (χ4v) is 3.11. The van der Waals surface area contributed by atoms with Crippen LogP contribution in [0.4, 0.5) is 9.18 Å². The molecule has 8 heteroatoms. The Morgan fingerprint density at radius 2 is 1.97 bits per heavy atom. The maximum Gasteiger partial charge on any atom is 0.408 e. The van der Waals surface area contributed by atoms with Gasteiger partial charge in [0.2, 0.25) is 5.91 Å². The van der Waals surface area contributed by atoms with E-state index < -0.39 is 17.7 Å². The second-order valence-corrected chi connectivity index (χ2v) is 8.73. The predicted octanol–water partition coefficient (Wildman–Crippen LogP) is 4.30. The average molecular weight is 433 g/mol. The molecule has 0 saturated heterocycles. The highest BCUT2D eigenvalue weighted by molar-refractivity contribution is 5.85. The zero-order valence-corrected chi connectivity index (χ0v) is 19.0. The Morgan fingerprint density at radius 3 is 2.65 bits per heavy atom. The number of halogens is 1. The van der Waals surface area contributed by atoms with Crippen molar-refractivity contribution in [3.8, 4) is 11.3 Å². The lowest BCUT2D eigenvalue weighted by Crippen LogP contribution is -2.47. The Hall–Kier alpha value is -2.90. The van der Waals surface area contributed by atoms with Crippen LogP contribution < -0.4 is 5.32 Å². The summed E-state index contributed by atoms with van der Waals surface area (Å²) in [6.07, 6.45) is 2.97. The van der Waals surface area contributed by atoms with Gasteiger partial charge in [-0.1, -0.05) is 18.6 Å². The highest BCUT2D eigenvalue weighted by atomic mass is 19.1. The van der Waals surface area contributed by atoms with Gasteiger partial charge in [0.1, 0.15) is 17.5 Å². The van der Waals surface area contributed by atoms with E-state index in [1.54, 1.807) is 45.7 Å². The molecule has 0 spiro atoms. The van der Waals surface area contributed by atoms with Crippen molar-refractivity contribution in [1.29, 1.82) is 0 Å². The minimum Gasteiger partial charge on any atom is -0.444 e. The fraction of sp³-hybridized carbons (Fsp3) is 0.522. The van der Waals surface area contributed by atoms with Crippen molar-refractivity contribution in [3.63, 3.8) is 0 Å². The molecule has 0 aliphatic carbocycles. The minimum atomic E-state index is -0.647. The Labute approximate surface area is 183 Å². The van der Waals surface area contributed by atoms with Gasteiger partial charge in [-0.25, -0.2) is 9.18 Å². The van der Waals surface area contributed by atoms with Gasteiger partial charge >= 0.3 is 6.09 Å². The van der Waals surface area contributed by atoms with Gasteiger partial charge in [0.25, 0.3) is 0 Å². The number of nitrogens with one attached hydrogen (secondary N) is 2. The van der Waals surface area contributed by atoms with E-state index in [2.05, 4.69) is 15.5 Å². The molecule has 2 rings (SSSR count). The number of alkyl carbamates (subject to hydrolysis) is 1. The van der Waals surface area contributed by atoms with Crippen molar-refractivity contribution in [2.75, 3.05) is 13.6 Å². The topological polar surface area (TPSA) is 87.3 Å². The van der Waals surface area contributed by atoms with Gasteiger partial charge in [-0.05, 0) is 65.2 Å². The molecule has 1 aromatic carbocycles. The molecule has 0 radical (unpaired) electrons. The maximum absolute atomic E-state index is 13.4. The van der Waals surface area contributed by atoms with Gasteiger partial charge in [-0.3, -0.25) is 9.89 Å². The number of carbonyl (C=O) groups is 2. The molecule has 0 aliphatic heterocycles. The minimum absolute atomic E-state index is 0.154.